The van der Waals surface area contributed by atoms with Gasteiger partial charge in [0.25, 0.3) is 5.91 Å². The van der Waals surface area contributed by atoms with E-state index in [4.69, 9.17) is 4.74 Å². The highest BCUT2D eigenvalue weighted by atomic mass is 32.2. The van der Waals surface area contributed by atoms with Gasteiger partial charge in [0.1, 0.15) is 5.75 Å². The van der Waals surface area contributed by atoms with Crippen molar-refractivity contribution in [3.8, 4) is 5.75 Å². The zero-order valence-corrected chi connectivity index (χ0v) is 19.0. The predicted molar refractivity (Wildman–Crippen MR) is 121 cm³/mol. The predicted octanol–water partition coefficient (Wildman–Crippen LogP) is 2.93. The van der Waals surface area contributed by atoms with E-state index in [0.717, 1.165) is 17.7 Å². The van der Waals surface area contributed by atoms with Crippen LogP contribution >= 0.6 is 0 Å². The molecule has 0 radical (unpaired) electrons. The number of aryl methyl sites for hydroxylation is 2. The molecule has 0 saturated carbocycles. The van der Waals surface area contributed by atoms with E-state index in [0.29, 0.717) is 29.8 Å². The number of fused-ring (bicyclic) bond motifs is 1. The number of nitrogens with one attached hydrogen (secondary N) is 2. The van der Waals surface area contributed by atoms with Crippen LogP contribution in [-0.2, 0) is 26.0 Å². The number of nitrogens with zero attached hydrogens (tertiary/aromatic N) is 1. The van der Waals surface area contributed by atoms with Crippen molar-refractivity contribution in [2.75, 3.05) is 30.3 Å². The fourth-order valence-electron chi connectivity index (χ4n) is 4.18. The lowest BCUT2D eigenvalue weighted by Gasteiger charge is -2.31. The monoisotopic (exact) mass is 457 g/mol. The molecule has 2 heterocycles. The van der Waals surface area contributed by atoms with Crippen molar-refractivity contribution < 1.29 is 22.7 Å². The molecular formula is C23H27N3O5S. The maximum Gasteiger partial charge on any atom is 0.262 e. The SMILES string of the molecule is CCc1ccccc1NC(=O)C1CCN(S(=O)(=O)c2cc3c(cc2C)NC(=O)CO3)CC1. The maximum atomic E-state index is 13.3. The minimum atomic E-state index is -3.75. The molecule has 0 spiro atoms. The largest absolute Gasteiger partial charge is 0.482 e. The van der Waals surface area contributed by atoms with Gasteiger partial charge in [-0.3, -0.25) is 9.59 Å². The molecule has 0 aliphatic carbocycles. The van der Waals surface area contributed by atoms with Crippen molar-refractivity contribution in [3.63, 3.8) is 0 Å². The molecule has 1 saturated heterocycles. The molecule has 2 aromatic rings. The normalized spacial score (nSPS) is 17.2. The van der Waals surface area contributed by atoms with Gasteiger partial charge in [-0.25, -0.2) is 8.42 Å². The highest BCUT2D eigenvalue weighted by Gasteiger charge is 2.34. The fourth-order valence-corrected chi connectivity index (χ4v) is 5.87. The number of carbonyl (C=O) groups is 2. The van der Waals surface area contributed by atoms with Crippen LogP contribution in [0.2, 0.25) is 0 Å². The summed E-state index contributed by atoms with van der Waals surface area (Å²) in [5.74, 6) is -0.237. The number of sulfonamides is 1. The summed E-state index contributed by atoms with van der Waals surface area (Å²) in [6.45, 7) is 4.13. The van der Waals surface area contributed by atoms with Crippen molar-refractivity contribution in [3.05, 3.63) is 47.5 Å². The Balaban J connectivity index is 1.45. The fraction of sp³-hybridized carbons (Fsp3) is 0.391. The highest BCUT2D eigenvalue weighted by Crippen LogP contribution is 2.35. The Kier molecular flexibility index (Phi) is 6.21. The molecular weight excluding hydrogens is 430 g/mol. The highest BCUT2D eigenvalue weighted by molar-refractivity contribution is 7.89. The number of ether oxygens (including phenoxy) is 1. The van der Waals surface area contributed by atoms with Gasteiger partial charge in [-0.1, -0.05) is 25.1 Å². The first-order valence-corrected chi connectivity index (χ1v) is 12.2. The standard InChI is InChI=1S/C23H27N3O5S/c1-3-16-6-4-5-7-18(16)25-23(28)17-8-10-26(11-9-17)32(29,30)21-13-20-19(12-15(21)2)24-22(27)14-31-20/h4-7,12-13,17H,3,8-11,14H2,1-2H3,(H,24,27)(H,25,28). The summed E-state index contributed by atoms with van der Waals surface area (Å²) in [6.07, 6.45) is 1.73. The molecule has 4 rings (SSSR count). The van der Waals surface area contributed by atoms with Crippen molar-refractivity contribution in [2.24, 2.45) is 5.92 Å². The number of piperidine rings is 1. The number of anilines is 2. The first-order chi connectivity index (χ1) is 15.3. The lowest BCUT2D eigenvalue weighted by atomic mass is 9.97. The van der Waals surface area contributed by atoms with Gasteiger partial charge in [-0.05, 0) is 49.4 Å². The van der Waals surface area contributed by atoms with Gasteiger partial charge in [0.15, 0.2) is 6.61 Å². The molecule has 2 aliphatic rings. The molecule has 170 valence electrons. The molecule has 32 heavy (non-hydrogen) atoms. The quantitative estimate of drug-likeness (QED) is 0.718. The van der Waals surface area contributed by atoms with E-state index in [2.05, 4.69) is 10.6 Å². The molecule has 9 heteroatoms. The van der Waals surface area contributed by atoms with E-state index in [1.807, 2.05) is 31.2 Å². The number of para-hydroxylation sites is 1. The van der Waals surface area contributed by atoms with Crippen molar-refractivity contribution in [2.45, 2.75) is 38.0 Å². The van der Waals surface area contributed by atoms with Gasteiger partial charge in [-0.15, -0.1) is 0 Å². The van der Waals surface area contributed by atoms with Crippen LogP contribution in [0.1, 0.15) is 30.9 Å². The molecule has 0 bridgehead atoms. The second-order valence-corrected chi connectivity index (χ2v) is 10.0. The van der Waals surface area contributed by atoms with E-state index >= 15 is 0 Å². The smallest absolute Gasteiger partial charge is 0.262 e. The second-order valence-electron chi connectivity index (χ2n) is 8.13. The first kappa shape index (κ1) is 22.3. The molecule has 2 N–H and O–H groups in total. The van der Waals surface area contributed by atoms with E-state index in [9.17, 15) is 18.0 Å². The molecule has 1 fully saturated rings. The second kappa shape index (κ2) is 8.91. The zero-order chi connectivity index (χ0) is 22.9. The number of rotatable bonds is 5. The summed E-state index contributed by atoms with van der Waals surface area (Å²) in [6, 6.07) is 10.8. The number of hydrogen-bond acceptors (Lipinski definition) is 5. The molecule has 2 amide bonds. The molecule has 2 aromatic carbocycles. The summed E-state index contributed by atoms with van der Waals surface area (Å²) in [5, 5.41) is 5.69. The van der Waals surface area contributed by atoms with Gasteiger partial charge in [0.2, 0.25) is 15.9 Å². The van der Waals surface area contributed by atoms with Gasteiger partial charge in [0.05, 0.1) is 10.6 Å². The molecule has 0 atom stereocenters. The van der Waals surface area contributed by atoms with Gasteiger partial charge < -0.3 is 15.4 Å². The van der Waals surface area contributed by atoms with Crippen LogP contribution in [0.5, 0.6) is 5.75 Å². The Morgan fingerprint density at radius 1 is 1.22 bits per heavy atom. The minimum Gasteiger partial charge on any atom is -0.482 e. The molecule has 8 nitrogen and oxygen atoms in total. The third kappa shape index (κ3) is 4.35. The summed E-state index contributed by atoms with van der Waals surface area (Å²) < 4.78 is 33.4. The lowest BCUT2D eigenvalue weighted by molar-refractivity contribution is -0.121. The summed E-state index contributed by atoms with van der Waals surface area (Å²) in [7, 11) is -3.75. The number of amides is 2. The average molecular weight is 458 g/mol. The molecule has 2 aliphatic heterocycles. The lowest BCUT2D eigenvalue weighted by Crippen LogP contribution is -2.41. The number of hydrogen-bond donors (Lipinski definition) is 2. The van der Waals surface area contributed by atoms with E-state index in [1.165, 1.54) is 10.4 Å². The minimum absolute atomic E-state index is 0.0722. The summed E-state index contributed by atoms with van der Waals surface area (Å²) in [4.78, 5) is 24.4. The Morgan fingerprint density at radius 3 is 2.66 bits per heavy atom. The Morgan fingerprint density at radius 2 is 1.94 bits per heavy atom. The van der Waals surface area contributed by atoms with Gasteiger partial charge in [-0.2, -0.15) is 4.31 Å². The van der Waals surface area contributed by atoms with Crippen molar-refractivity contribution >= 4 is 33.2 Å². The number of benzene rings is 2. The molecule has 0 unspecified atom stereocenters. The van der Waals surface area contributed by atoms with Crippen LogP contribution in [0, 0.1) is 12.8 Å². The van der Waals surface area contributed by atoms with Gasteiger partial charge >= 0.3 is 0 Å². The van der Waals surface area contributed by atoms with Crippen molar-refractivity contribution in [1.29, 1.82) is 0 Å². The Labute approximate surface area is 188 Å². The van der Waals surface area contributed by atoms with E-state index in [-0.39, 0.29) is 42.3 Å². The van der Waals surface area contributed by atoms with Crippen LogP contribution in [0.3, 0.4) is 0 Å². The van der Waals surface area contributed by atoms with Crippen LogP contribution in [0.15, 0.2) is 41.3 Å². The van der Waals surface area contributed by atoms with E-state index < -0.39 is 10.0 Å². The summed E-state index contributed by atoms with van der Waals surface area (Å²) in [5.41, 5.74) is 2.89. The van der Waals surface area contributed by atoms with Crippen LogP contribution in [0.4, 0.5) is 11.4 Å². The molecule has 0 aromatic heterocycles. The summed E-state index contributed by atoms with van der Waals surface area (Å²) >= 11 is 0. The van der Waals surface area contributed by atoms with Crippen molar-refractivity contribution in [1.82, 2.24) is 4.31 Å². The Hall–Kier alpha value is -2.91. The maximum absolute atomic E-state index is 13.3. The van der Waals surface area contributed by atoms with Crippen LogP contribution in [0.25, 0.3) is 0 Å². The van der Waals surface area contributed by atoms with Gasteiger partial charge in [0, 0.05) is 30.8 Å². The first-order valence-electron chi connectivity index (χ1n) is 10.8. The third-order valence-corrected chi connectivity index (χ3v) is 8.05. The number of carbonyl (C=O) groups excluding carboxylic acids is 2. The van der Waals surface area contributed by atoms with Crippen LogP contribution in [-0.4, -0.2) is 44.2 Å². The van der Waals surface area contributed by atoms with E-state index in [1.54, 1.807) is 13.0 Å². The zero-order valence-electron chi connectivity index (χ0n) is 18.2. The topological polar surface area (TPSA) is 105 Å². The Bertz CT molecular complexity index is 1150. The third-order valence-electron chi connectivity index (χ3n) is 6.01. The van der Waals surface area contributed by atoms with Crippen LogP contribution < -0.4 is 15.4 Å². The average Bonchev–Trinajstić information content (AvgIpc) is 2.78.